The van der Waals surface area contributed by atoms with Gasteiger partial charge in [-0.2, -0.15) is 0 Å². The van der Waals surface area contributed by atoms with Gasteiger partial charge in [-0.15, -0.1) is 0 Å². The summed E-state index contributed by atoms with van der Waals surface area (Å²) in [6, 6.07) is 23.1. The van der Waals surface area contributed by atoms with Crippen LogP contribution in [0.15, 0.2) is 85.3 Å². The van der Waals surface area contributed by atoms with E-state index in [-0.39, 0.29) is 5.91 Å². The SMILES string of the molecule is O=C(NCc1cccnc1)c1ccc(N2CCC(NCCn3ccc4ccccc43)CC2)cc1. The number of hydrogen-bond donors (Lipinski definition) is 2. The number of aromatic nitrogens is 2. The van der Waals surface area contributed by atoms with Gasteiger partial charge < -0.3 is 20.1 Å². The van der Waals surface area contributed by atoms with Gasteiger partial charge in [0.2, 0.25) is 0 Å². The number of nitrogens with one attached hydrogen (secondary N) is 2. The molecule has 6 nitrogen and oxygen atoms in total. The molecule has 6 heteroatoms. The Morgan fingerprint density at radius 3 is 2.59 bits per heavy atom. The number of anilines is 1. The first-order valence-electron chi connectivity index (χ1n) is 12.1. The Kier molecular flexibility index (Phi) is 6.86. The fourth-order valence-electron chi connectivity index (χ4n) is 4.68. The van der Waals surface area contributed by atoms with E-state index in [1.807, 2.05) is 24.3 Å². The second-order valence-electron chi connectivity index (χ2n) is 8.87. The van der Waals surface area contributed by atoms with Gasteiger partial charge in [0.05, 0.1) is 0 Å². The predicted octanol–water partition coefficient (Wildman–Crippen LogP) is 4.22. The van der Waals surface area contributed by atoms with Crippen LogP contribution in [-0.2, 0) is 13.1 Å². The van der Waals surface area contributed by atoms with Crippen molar-refractivity contribution in [2.24, 2.45) is 0 Å². The number of pyridine rings is 1. The van der Waals surface area contributed by atoms with Gasteiger partial charge in [0.1, 0.15) is 0 Å². The monoisotopic (exact) mass is 453 g/mol. The van der Waals surface area contributed by atoms with Crippen LogP contribution in [0, 0.1) is 0 Å². The molecular weight excluding hydrogens is 422 g/mol. The van der Waals surface area contributed by atoms with Crippen molar-refractivity contribution in [3.63, 3.8) is 0 Å². The van der Waals surface area contributed by atoms with Crippen LogP contribution in [0.4, 0.5) is 5.69 Å². The molecule has 5 rings (SSSR count). The second kappa shape index (κ2) is 10.5. The minimum Gasteiger partial charge on any atom is -0.371 e. The van der Waals surface area contributed by atoms with Gasteiger partial charge in [0.25, 0.3) is 5.91 Å². The lowest BCUT2D eigenvalue weighted by Gasteiger charge is -2.34. The van der Waals surface area contributed by atoms with Crippen molar-refractivity contribution < 1.29 is 4.79 Å². The van der Waals surface area contributed by atoms with Crippen LogP contribution in [0.25, 0.3) is 10.9 Å². The summed E-state index contributed by atoms with van der Waals surface area (Å²) in [7, 11) is 0. The molecule has 0 atom stereocenters. The fraction of sp³-hybridized carbons (Fsp3) is 0.286. The molecule has 34 heavy (non-hydrogen) atoms. The molecule has 2 aromatic carbocycles. The number of rotatable bonds is 8. The fourth-order valence-corrected chi connectivity index (χ4v) is 4.68. The molecule has 0 bridgehead atoms. The van der Waals surface area contributed by atoms with Gasteiger partial charge in [0, 0.05) is 74.1 Å². The van der Waals surface area contributed by atoms with E-state index in [0.717, 1.165) is 44.6 Å². The lowest BCUT2D eigenvalue weighted by atomic mass is 10.0. The standard InChI is InChI=1S/C28H31N5O/c34-28(31-21-22-4-3-14-29-20-22)24-7-9-26(10-8-24)32-17-12-25(13-18-32)30-15-19-33-16-11-23-5-1-2-6-27(23)33/h1-11,14,16,20,25,30H,12-13,15,17-19,21H2,(H,31,34). The Bertz CT molecular complexity index is 1210. The van der Waals surface area contributed by atoms with Crippen LogP contribution >= 0.6 is 0 Å². The van der Waals surface area contributed by atoms with Crippen LogP contribution in [-0.4, -0.2) is 41.1 Å². The van der Waals surface area contributed by atoms with Crippen molar-refractivity contribution in [3.05, 3.63) is 96.4 Å². The van der Waals surface area contributed by atoms with E-state index < -0.39 is 0 Å². The summed E-state index contributed by atoms with van der Waals surface area (Å²) < 4.78 is 2.33. The Morgan fingerprint density at radius 2 is 1.79 bits per heavy atom. The van der Waals surface area contributed by atoms with Gasteiger partial charge in [-0.05, 0) is 66.3 Å². The summed E-state index contributed by atoms with van der Waals surface area (Å²) >= 11 is 0. The molecule has 1 aliphatic heterocycles. The lowest BCUT2D eigenvalue weighted by molar-refractivity contribution is 0.0951. The highest BCUT2D eigenvalue weighted by Gasteiger charge is 2.19. The largest absolute Gasteiger partial charge is 0.371 e. The van der Waals surface area contributed by atoms with Crippen molar-refractivity contribution in [2.75, 3.05) is 24.5 Å². The third-order valence-corrected chi connectivity index (χ3v) is 6.63. The van der Waals surface area contributed by atoms with E-state index in [2.05, 4.69) is 73.7 Å². The maximum atomic E-state index is 12.5. The first-order chi connectivity index (χ1) is 16.8. The van der Waals surface area contributed by atoms with Crippen molar-refractivity contribution in [1.82, 2.24) is 20.2 Å². The van der Waals surface area contributed by atoms with E-state index in [1.54, 1.807) is 12.4 Å². The normalized spacial score (nSPS) is 14.4. The van der Waals surface area contributed by atoms with Crippen LogP contribution < -0.4 is 15.5 Å². The lowest BCUT2D eigenvalue weighted by Crippen LogP contribution is -2.43. The highest BCUT2D eigenvalue weighted by Crippen LogP contribution is 2.21. The summed E-state index contributed by atoms with van der Waals surface area (Å²) in [5.74, 6) is -0.0613. The number of benzene rings is 2. The molecule has 0 radical (unpaired) electrons. The van der Waals surface area contributed by atoms with Crippen LogP contribution in [0.1, 0.15) is 28.8 Å². The molecule has 174 valence electrons. The van der Waals surface area contributed by atoms with E-state index in [1.165, 1.54) is 16.6 Å². The smallest absolute Gasteiger partial charge is 0.251 e. The summed E-state index contributed by atoms with van der Waals surface area (Å²) in [5, 5.41) is 8.00. The zero-order chi connectivity index (χ0) is 23.2. The highest BCUT2D eigenvalue weighted by molar-refractivity contribution is 5.94. The molecular formula is C28H31N5O. The molecule has 4 aromatic rings. The number of nitrogens with zero attached hydrogens (tertiary/aromatic N) is 3. The van der Waals surface area contributed by atoms with E-state index in [0.29, 0.717) is 18.2 Å². The summed E-state index contributed by atoms with van der Waals surface area (Å²) in [6.07, 6.45) is 7.93. The predicted molar refractivity (Wildman–Crippen MR) is 137 cm³/mol. The molecule has 0 spiro atoms. The number of piperidine rings is 1. The average Bonchev–Trinajstić information content (AvgIpc) is 3.31. The highest BCUT2D eigenvalue weighted by atomic mass is 16.1. The molecule has 0 unspecified atom stereocenters. The van der Waals surface area contributed by atoms with Gasteiger partial charge in [0.15, 0.2) is 0 Å². The topological polar surface area (TPSA) is 62.2 Å². The number of hydrogen-bond acceptors (Lipinski definition) is 4. The third kappa shape index (κ3) is 5.29. The molecule has 1 saturated heterocycles. The number of carbonyl (C=O) groups excluding carboxylic acids is 1. The quantitative estimate of drug-likeness (QED) is 0.419. The van der Waals surface area contributed by atoms with E-state index >= 15 is 0 Å². The molecule has 2 N–H and O–H groups in total. The number of carbonyl (C=O) groups is 1. The van der Waals surface area contributed by atoms with Crippen LogP contribution in [0.2, 0.25) is 0 Å². The maximum Gasteiger partial charge on any atom is 0.251 e. The average molecular weight is 454 g/mol. The first-order valence-corrected chi connectivity index (χ1v) is 12.1. The van der Waals surface area contributed by atoms with Crippen molar-refractivity contribution in [1.29, 1.82) is 0 Å². The van der Waals surface area contributed by atoms with E-state index in [9.17, 15) is 4.79 Å². The van der Waals surface area contributed by atoms with Gasteiger partial charge in [-0.1, -0.05) is 24.3 Å². The molecule has 0 aliphatic carbocycles. The zero-order valence-corrected chi connectivity index (χ0v) is 19.4. The Hall–Kier alpha value is -3.64. The van der Waals surface area contributed by atoms with Gasteiger partial charge in [-0.25, -0.2) is 0 Å². The summed E-state index contributed by atoms with van der Waals surface area (Å²) in [5.41, 5.74) is 4.15. The molecule has 1 aliphatic rings. The minimum atomic E-state index is -0.0613. The molecule has 1 fully saturated rings. The van der Waals surface area contributed by atoms with Gasteiger partial charge >= 0.3 is 0 Å². The Morgan fingerprint density at radius 1 is 0.971 bits per heavy atom. The number of amides is 1. The van der Waals surface area contributed by atoms with Crippen LogP contribution in [0.5, 0.6) is 0 Å². The van der Waals surface area contributed by atoms with Crippen molar-refractivity contribution in [2.45, 2.75) is 32.0 Å². The van der Waals surface area contributed by atoms with E-state index in [4.69, 9.17) is 0 Å². The van der Waals surface area contributed by atoms with Crippen LogP contribution in [0.3, 0.4) is 0 Å². The molecule has 0 saturated carbocycles. The minimum absolute atomic E-state index is 0.0613. The Labute approximate surface area is 200 Å². The molecule has 2 aromatic heterocycles. The summed E-state index contributed by atoms with van der Waals surface area (Å²) in [4.78, 5) is 18.9. The third-order valence-electron chi connectivity index (χ3n) is 6.63. The van der Waals surface area contributed by atoms with Gasteiger partial charge in [-0.3, -0.25) is 9.78 Å². The second-order valence-corrected chi connectivity index (χ2v) is 8.87. The zero-order valence-electron chi connectivity index (χ0n) is 19.4. The first kappa shape index (κ1) is 22.2. The molecule has 3 heterocycles. The Balaban J connectivity index is 1.06. The summed E-state index contributed by atoms with van der Waals surface area (Å²) in [6.45, 7) is 4.49. The number of fused-ring (bicyclic) bond motifs is 1. The molecule has 1 amide bonds. The maximum absolute atomic E-state index is 12.5. The van der Waals surface area contributed by atoms with Crippen molar-refractivity contribution in [3.8, 4) is 0 Å². The number of para-hydroxylation sites is 1. The van der Waals surface area contributed by atoms with Crippen molar-refractivity contribution >= 4 is 22.5 Å².